The molecule has 1 aliphatic rings. The van der Waals surface area contributed by atoms with Crippen molar-refractivity contribution in [1.29, 1.82) is 0 Å². The topological polar surface area (TPSA) is 75.5 Å². The second kappa shape index (κ2) is 10.1. The Morgan fingerprint density at radius 2 is 1.44 bits per heavy atom. The molecule has 6 heteroatoms. The molecule has 0 atom stereocenters. The molecular weight excluding hydrogens is 402 g/mol. The number of nitro groups is 1. The van der Waals surface area contributed by atoms with Crippen LogP contribution in [0.2, 0.25) is 0 Å². The van der Waals surface area contributed by atoms with E-state index < -0.39 is 0 Å². The fourth-order valence-electron chi connectivity index (χ4n) is 4.41. The Labute approximate surface area is 188 Å². The largest absolute Gasteiger partial charge is 0.366 e. The highest BCUT2D eigenvalue weighted by atomic mass is 16.6. The summed E-state index contributed by atoms with van der Waals surface area (Å²) in [4.78, 5) is 25.9. The van der Waals surface area contributed by atoms with Gasteiger partial charge in [0.1, 0.15) is 5.69 Å². The first-order chi connectivity index (χ1) is 15.6. The summed E-state index contributed by atoms with van der Waals surface area (Å²) < 4.78 is 0. The van der Waals surface area contributed by atoms with Crippen LogP contribution in [-0.4, -0.2) is 30.5 Å². The summed E-state index contributed by atoms with van der Waals surface area (Å²) in [5, 5.41) is 14.5. The van der Waals surface area contributed by atoms with Crippen LogP contribution in [0.15, 0.2) is 84.9 Å². The maximum absolute atomic E-state index is 12.9. The maximum atomic E-state index is 12.9. The Balaban J connectivity index is 1.38. The number of benzene rings is 3. The van der Waals surface area contributed by atoms with Gasteiger partial charge in [-0.3, -0.25) is 14.9 Å². The van der Waals surface area contributed by atoms with E-state index in [4.69, 9.17) is 0 Å². The lowest BCUT2D eigenvalue weighted by Crippen LogP contribution is -2.41. The number of carbonyl (C=O) groups is 1. The monoisotopic (exact) mass is 429 g/mol. The molecule has 164 valence electrons. The van der Waals surface area contributed by atoms with Crippen LogP contribution in [0.25, 0.3) is 0 Å². The molecule has 0 unspecified atom stereocenters. The van der Waals surface area contributed by atoms with Gasteiger partial charge < -0.3 is 10.2 Å². The van der Waals surface area contributed by atoms with Gasteiger partial charge in [-0.25, -0.2) is 0 Å². The highest BCUT2D eigenvalue weighted by Gasteiger charge is 2.28. The fraction of sp³-hybridized carbons (Fsp3) is 0.269. The van der Waals surface area contributed by atoms with E-state index in [1.165, 1.54) is 17.2 Å². The third-order valence-electron chi connectivity index (χ3n) is 6.17. The molecule has 0 aromatic heterocycles. The van der Waals surface area contributed by atoms with Gasteiger partial charge in [0.05, 0.1) is 4.92 Å². The molecule has 1 N–H and O–H groups in total. The van der Waals surface area contributed by atoms with Crippen molar-refractivity contribution in [1.82, 2.24) is 5.32 Å². The summed E-state index contributed by atoms with van der Waals surface area (Å²) in [5.74, 6) is 0.0682. The number of para-hydroxylation sites is 2. The van der Waals surface area contributed by atoms with Crippen molar-refractivity contribution < 1.29 is 9.72 Å². The fourth-order valence-corrected chi connectivity index (χ4v) is 4.41. The van der Waals surface area contributed by atoms with Crippen molar-refractivity contribution in [3.63, 3.8) is 0 Å². The zero-order valence-electron chi connectivity index (χ0n) is 17.9. The molecule has 1 heterocycles. The van der Waals surface area contributed by atoms with Gasteiger partial charge in [-0.2, -0.15) is 0 Å². The maximum Gasteiger partial charge on any atom is 0.292 e. The number of nitrogens with one attached hydrogen (secondary N) is 1. The van der Waals surface area contributed by atoms with Crippen LogP contribution in [0, 0.1) is 16.0 Å². The van der Waals surface area contributed by atoms with E-state index in [1.807, 2.05) is 47.4 Å². The number of anilines is 1. The zero-order chi connectivity index (χ0) is 22.3. The van der Waals surface area contributed by atoms with Gasteiger partial charge in [-0.1, -0.05) is 72.8 Å². The summed E-state index contributed by atoms with van der Waals surface area (Å²) in [6.07, 6.45) is 1.36. The lowest BCUT2D eigenvalue weighted by atomic mass is 9.90. The van der Waals surface area contributed by atoms with Gasteiger partial charge in [0.2, 0.25) is 5.91 Å². The Bertz CT molecular complexity index is 1010. The van der Waals surface area contributed by atoms with Crippen LogP contribution in [0.1, 0.15) is 29.9 Å². The van der Waals surface area contributed by atoms with Crippen molar-refractivity contribution >= 4 is 17.3 Å². The van der Waals surface area contributed by atoms with Crippen molar-refractivity contribution in [2.45, 2.75) is 18.8 Å². The Morgan fingerprint density at radius 1 is 0.906 bits per heavy atom. The molecule has 0 saturated carbocycles. The molecular formula is C26H27N3O3. The highest BCUT2D eigenvalue weighted by Crippen LogP contribution is 2.31. The summed E-state index contributed by atoms with van der Waals surface area (Å²) in [6.45, 7) is 1.80. The van der Waals surface area contributed by atoms with E-state index in [0.29, 0.717) is 38.2 Å². The van der Waals surface area contributed by atoms with Gasteiger partial charge in [0.15, 0.2) is 0 Å². The van der Waals surface area contributed by atoms with Gasteiger partial charge in [-0.15, -0.1) is 0 Å². The van der Waals surface area contributed by atoms with Gasteiger partial charge in [0.25, 0.3) is 5.69 Å². The molecule has 4 rings (SSSR count). The smallest absolute Gasteiger partial charge is 0.292 e. The van der Waals surface area contributed by atoms with Crippen LogP contribution >= 0.6 is 0 Å². The summed E-state index contributed by atoms with van der Waals surface area (Å²) >= 11 is 0. The molecule has 1 aliphatic heterocycles. The summed E-state index contributed by atoms with van der Waals surface area (Å²) in [5.41, 5.74) is 3.09. The number of rotatable bonds is 7. The molecule has 0 aliphatic carbocycles. The SMILES string of the molecule is O=C(NCC(c1ccccc1)c1ccccc1)C1CCN(c2ccccc2[N+](=O)[O-])CC1. The van der Waals surface area contributed by atoms with Crippen molar-refractivity contribution in [2.75, 3.05) is 24.5 Å². The minimum absolute atomic E-state index is 0.0593. The number of nitrogens with zero attached hydrogens (tertiary/aromatic N) is 2. The predicted octanol–water partition coefficient (Wildman–Crippen LogP) is 4.76. The lowest BCUT2D eigenvalue weighted by Gasteiger charge is -2.33. The molecule has 1 amide bonds. The molecule has 3 aromatic carbocycles. The third-order valence-corrected chi connectivity index (χ3v) is 6.17. The first-order valence-electron chi connectivity index (χ1n) is 11.0. The number of amides is 1. The number of carbonyl (C=O) groups excluding carboxylic acids is 1. The van der Waals surface area contributed by atoms with Crippen molar-refractivity contribution in [3.8, 4) is 0 Å². The normalized spacial score (nSPS) is 14.3. The Morgan fingerprint density at radius 3 is 2.00 bits per heavy atom. The van der Waals surface area contributed by atoms with Crippen LogP contribution in [-0.2, 0) is 4.79 Å². The first kappa shape index (κ1) is 21.6. The molecule has 0 spiro atoms. The Hall–Kier alpha value is -3.67. The quantitative estimate of drug-likeness (QED) is 0.434. The molecule has 1 saturated heterocycles. The van der Waals surface area contributed by atoms with Crippen LogP contribution in [0.4, 0.5) is 11.4 Å². The molecule has 3 aromatic rings. The van der Waals surface area contributed by atoms with Crippen molar-refractivity contribution in [2.24, 2.45) is 5.92 Å². The van der Waals surface area contributed by atoms with Gasteiger partial charge >= 0.3 is 0 Å². The van der Waals surface area contributed by atoms with Crippen LogP contribution in [0.3, 0.4) is 0 Å². The summed E-state index contributed by atoms with van der Waals surface area (Å²) in [7, 11) is 0. The van der Waals surface area contributed by atoms with Crippen molar-refractivity contribution in [3.05, 3.63) is 106 Å². The Kier molecular flexibility index (Phi) is 6.80. The molecule has 1 fully saturated rings. The summed E-state index contributed by atoms with van der Waals surface area (Å²) in [6, 6.07) is 27.2. The number of nitro benzene ring substituents is 1. The van der Waals surface area contributed by atoms with Gasteiger partial charge in [0, 0.05) is 37.5 Å². The zero-order valence-corrected chi connectivity index (χ0v) is 17.9. The van der Waals surface area contributed by atoms with Gasteiger partial charge in [-0.05, 0) is 30.0 Å². The average molecular weight is 430 g/mol. The van der Waals surface area contributed by atoms with Crippen LogP contribution < -0.4 is 10.2 Å². The second-order valence-electron chi connectivity index (χ2n) is 8.13. The van der Waals surface area contributed by atoms with E-state index in [1.54, 1.807) is 12.1 Å². The third kappa shape index (κ3) is 4.97. The number of hydrogen-bond donors (Lipinski definition) is 1. The van der Waals surface area contributed by atoms with E-state index in [2.05, 4.69) is 29.6 Å². The molecule has 0 bridgehead atoms. The number of hydrogen-bond acceptors (Lipinski definition) is 4. The lowest BCUT2D eigenvalue weighted by molar-refractivity contribution is -0.384. The molecule has 6 nitrogen and oxygen atoms in total. The van der Waals surface area contributed by atoms with E-state index in [9.17, 15) is 14.9 Å². The molecule has 32 heavy (non-hydrogen) atoms. The van der Waals surface area contributed by atoms with E-state index in [-0.39, 0.29) is 28.4 Å². The average Bonchev–Trinajstić information content (AvgIpc) is 2.85. The van der Waals surface area contributed by atoms with E-state index >= 15 is 0 Å². The second-order valence-corrected chi connectivity index (χ2v) is 8.13. The minimum Gasteiger partial charge on any atom is -0.366 e. The number of piperidine rings is 1. The molecule has 0 radical (unpaired) electrons. The standard InChI is InChI=1S/C26H27N3O3/c30-26(22-15-17-28(18-16-22)24-13-7-8-14-25(24)29(31)32)27-19-23(20-9-3-1-4-10-20)21-11-5-2-6-12-21/h1-14,22-23H,15-19H2,(H,27,30). The van der Waals surface area contributed by atoms with E-state index in [0.717, 1.165) is 0 Å². The minimum atomic E-state index is -0.346. The van der Waals surface area contributed by atoms with Crippen LogP contribution in [0.5, 0.6) is 0 Å². The predicted molar refractivity (Wildman–Crippen MR) is 126 cm³/mol. The highest BCUT2D eigenvalue weighted by molar-refractivity contribution is 5.79. The first-order valence-corrected chi connectivity index (χ1v) is 11.0.